The van der Waals surface area contributed by atoms with Gasteiger partial charge in [-0.1, -0.05) is 76.1 Å². The van der Waals surface area contributed by atoms with Gasteiger partial charge in [-0.15, -0.1) is 0 Å². The van der Waals surface area contributed by atoms with Gasteiger partial charge in [0.15, 0.2) is 5.78 Å². The van der Waals surface area contributed by atoms with Crippen LogP contribution in [-0.2, 0) is 0 Å². The van der Waals surface area contributed by atoms with Crippen LogP contribution in [-0.4, -0.2) is 22.8 Å². The molecule has 4 aromatic rings. The van der Waals surface area contributed by atoms with Crippen molar-refractivity contribution in [1.29, 1.82) is 0 Å². The van der Waals surface area contributed by atoms with E-state index in [1.54, 1.807) is 36.4 Å². The first-order valence-corrected chi connectivity index (χ1v) is 18.5. The van der Waals surface area contributed by atoms with E-state index in [4.69, 9.17) is 9.47 Å². The van der Waals surface area contributed by atoms with Crippen molar-refractivity contribution in [2.24, 2.45) is 5.92 Å². The Hall–Kier alpha value is -4.71. The van der Waals surface area contributed by atoms with Gasteiger partial charge in [0.2, 0.25) is 0 Å². The Morgan fingerprint density at radius 3 is 1.68 bits per heavy atom. The number of ether oxygens (including phenoxy) is 2. The van der Waals surface area contributed by atoms with Gasteiger partial charge >= 0.3 is 11.9 Å². The van der Waals surface area contributed by atoms with Gasteiger partial charge in [0.1, 0.15) is 17.2 Å². The van der Waals surface area contributed by atoms with E-state index < -0.39 is 17.7 Å². The highest BCUT2D eigenvalue weighted by Gasteiger charge is 2.23. The number of rotatable bonds is 12. The van der Waals surface area contributed by atoms with E-state index in [0.29, 0.717) is 34.3 Å². The van der Waals surface area contributed by atoms with Gasteiger partial charge < -0.3 is 14.6 Å². The van der Waals surface area contributed by atoms with Crippen molar-refractivity contribution in [1.82, 2.24) is 0 Å². The lowest BCUT2D eigenvalue weighted by atomic mass is 9.77. The van der Waals surface area contributed by atoms with Crippen LogP contribution < -0.4 is 9.47 Å². The minimum atomic E-state index is -0.532. The summed E-state index contributed by atoms with van der Waals surface area (Å²) < 4.78 is 11.1. The van der Waals surface area contributed by atoms with Gasteiger partial charge in [0, 0.05) is 11.6 Å². The van der Waals surface area contributed by atoms with Crippen LogP contribution >= 0.6 is 0 Å². The maximum Gasteiger partial charge on any atom is 0.343 e. The number of phenols is 1. The molecule has 0 amide bonds. The molecule has 0 aromatic heterocycles. The van der Waals surface area contributed by atoms with Gasteiger partial charge in [-0.2, -0.15) is 0 Å². The summed E-state index contributed by atoms with van der Waals surface area (Å²) in [7, 11) is 0. The van der Waals surface area contributed by atoms with Crippen LogP contribution in [0.5, 0.6) is 17.2 Å². The van der Waals surface area contributed by atoms with E-state index in [0.717, 1.165) is 5.92 Å². The summed E-state index contributed by atoms with van der Waals surface area (Å²) in [5.41, 5.74) is 3.81. The summed E-state index contributed by atoms with van der Waals surface area (Å²) in [5, 5.41) is 10.7. The number of phenolic OH excluding ortho intramolecular Hbond substituents is 1. The minimum Gasteiger partial charge on any atom is -0.507 e. The predicted octanol–water partition coefficient (Wildman–Crippen LogP) is 11.0. The molecular weight excluding hydrogens is 624 g/mol. The topological polar surface area (TPSA) is 89.9 Å². The molecule has 4 aromatic carbocycles. The number of ketones is 1. The number of esters is 2. The van der Waals surface area contributed by atoms with E-state index in [1.807, 2.05) is 36.4 Å². The van der Waals surface area contributed by atoms with E-state index in [-0.39, 0.29) is 17.1 Å². The molecule has 0 aliphatic heterocycles. The van der Waals surface area contributed by atoms with E-state index in [1.165, 1.54) is 113 Å². The molecule has 50 heavy (non-hydrogen) atoms. The van der Waals surface area contributed by atoms with Crippen LogP contribution in [0.4, 0.5) is 0 Å². The second kappa shape index (κ2) is 16.8. The van der Waals surface area contributed by atoms with Crippen LogP contribution in [0.2, 0.25) is 0 Å². The van der Waals surface area contributed by atoms with Gasteiger partial charge in [-0.25, -0.2) is 9.59 Å². The summed E-state index contributed by atoms with van der Waals surface area (Å²) >= 11 is 0. The molecule has 0 heterocycles. The van der Waals surface area contributed by atoms with Crippen LogP contribution in [0.3, 0.4) is 0 Å². The normalized spacial score (nSPS) is 17.9. The first kappa shape index (κ1) is 35.1. The molecule has 6 nitrogen and oxygen atoms in total. The molecule has 2 fully saturated rings. The molecule has 0 unspecified atom stereocenters. The molecule has 0 atom stereocenters. The fourth-order valence-electron chi connectivity index (χ4n) is 7.61. The highest BCUT2D eigenvalue weighted by atomic mass is 16.5. The molecule has 2 saturated carbocycles. The molecule has 0 bridgehead atoms. The highest BCUT2D eigenvalue weighted by Crippen LogP contribution is 2.38. The number of carbonyl (C=O) groups excluding carboxylic acids is 3. The average Bonchev–Trinajstić information content (AvgIpc) is 3.16. The lowest BCUT2D eigenvalue weighted by Gasteiger charge is -2.29. The summed E-state index contributed by atoms with van der Waals surface area (Å²) in [6, 6.07) is 25.7. The molecule has 6 heteroatoms. The third-order valence-electron chi connectivity index (χ3n) is 10.7. The molecule has 6 rings (SSSR count). The van der Waals surface area contributed by atoms with E-state index in [2.05, 4.69) is 6.92 Å². The van der Waals surface area contributed by atoms with Gasteiger partial charge in [0.05, 0.1) is 16.7 Å². The van der Waals surface area contributed by atoms with Crippen molar-refractivity contribution in [3.8, 4) is 17.2 Å². The van der Waals surface area contributed by atoms with Gasteiger partial charge in [-0.05, 0) is 128 Å². The Labute approximate surface area is 295 Å². The van der Waals surface area contributed by atoms with Crippen molar-refractivity contribution in [3.05, 3.63) is 124 Å². The lowest BCUT2D eigenvalue weighted by Crippen LogP contribution is -2.14. The number of carbonyl (C=O) groups is 3. The zero-order valence-electron chi connectivity index (χ0n) is 29.1. The second-order valence-corrected chi connectivity index (χ2v) is 14.1. The van der Waals surface area contributed by atoms with Gasteiger partial charge in [0.25, 0.3) is 0 Å². The lowest BCUT2D eigenvalue weighted by molar-refractivity contribution is 0.0725. The molecule has 0 radical (unpaired) electrons. The van der Waals surface area contributed by atoms with Crippen LogP contribution in [0.1, 0.15) is 150 Å². The third-order valence-corrected chi connectivity index (χ3v) is 10.7. The minimum absolute atomic E-state index is 0.0662. The Balaban J connectivity index is 0.998. The number of unbranched alkanes of at least 4 members (excludes halogenated alkanes) is 2. The second-order valence-electron chi connectivity index (χ2n) is 14.1. The molecule has 0 spiro atoms. The zero-order chi connectivity index (χ0) is 34.9. The summed E-state index contributed by atoms with van der Waals surface area (Å²) in [4.78, 5) is 38.8. The SMILES string of the molecule is CCCCCC1CCC(c2ccc(C(=O)Oc3ccc(C(=O)c4ccc(OC(=O)c5ccc(C6CCCCC6)cc5)cc4O)cc3)cc2)CC1. The van der Waals surface area contributed by atoms with E-state index >= 15 is 0 Å². The molecule has 2 aliphatic carbocycles. The maximum absolute atomic E-state index is 13.2. The fourth-order valence-corrected chi connectivity index (χ4v) is 7.61. The standard InChI is InChI=1S/C44H48O6/c1-2-3-5-8-30-11-13-32(14-12-30)34-17-21-36(22-18-34)43(47)49-38-25-23-35(24-26-38)42(46)40-28-27-39(29-41(40)45)50-44(48)37-19-15-33(16-20-37)31-9-6-4-7-10-31/h15-32,45H,2-14H2,1H3. The molecule has 0 saturated heterocycles. The van der Waals surface area contributed by atoms with Crippen molar-refractivity contribution in [2.75, 3.05) is 0 Å². The van der Waals surface area contributed by atoms with Crippen LogP contribution in [0.15, 0.2) is 91.0 Å². The Bertz CT molecular complexity index is 1740. The monoisotopic (exact) mass is 672 g/mol. The maximum atomic E-state index is 13.2. The Morgan fingerprint density at radius 2 is 1.12 bits per heavy atom. The largest absolute Gasteiger partial charge is 0.507 e. The molecule has 2 aliphatic rings. The Morgan fingerprint density at radius 1 is 0.600 bits per heavy atom. The van der Waals surface area contributed by atoms with Crippen molar-refractivity contribution >= 4 is 17.7 Å². The quantitative estimate of drug-likeness (QED) is 0.0697. The molecular formula is C44H48O6. The fraction of sp³-hybridized carbons (Fsp3) is 0.386. The van der Waals surface area contributed by atoms with Crippen LogP contribution in [0.25, 0.3) is 0 Å². The Kier molecular flexibility index (Phi) is 11.8. The summed E-state index contributed by atoms with van der Waals surface area (Å²) in [5.74, 6) is 0.700. The van der Waals surface area contributed by atoms with Crippen molar-refractivity contribution in [2.45, 2.75) is 102 Å². The van der Waals surface area contributed by atoms with E-state index in [9.17, 15) is 19.5 Å². The smallest absolute Gasteiger partial charge is 0.343 e. The predicted molar refractivity (Wildman–Crippen MR) is 195 cm³/mol. The van der Waals surface area contributed by atoms with Crippen molar-refractivity contribution in [3.63, 3.8) is 0 Å². The van der Waals surface area contributed by atoms with Gasteiger partial charge in [-0.3, -0.25) is 4.79 Å². The number of benzene rings is 4. The number of hydrogen-bond donors (Lipinski definition) is 1. The van der Waals surface area contributed by atoms with Crippen molar-refractivity contribution < 1.29 is 29.0 Å². The first-order valence-electron chi connectivity index (χ1n) is 18.5. The zero-order valence-corrected chi connectivity index (χ0v) is 29.1. The third kappa shape index (κ3) is 8.90. The summed E-state index contributed by atoms with van der Waals surface area (Å²) in [6.45, 7) is 2.25. The van der Waals surface area contributed by atoms with Crippen LogP contribution in [0, 0.1) is 5.92 Å². The average molecular weight is 673 g/mol. The number of hydrogen-bond acceptors (Lipinski definition) is 6. The first-order chi connectivity index (χ1) is 24.4. The molecule has 1 N–H and O–H groups in total. The highest BCUT2D eigenvalue weighted by molar-refractivity contribution is 6.10. The molecule has 260 valence electrons. The number of aromatic hydroxyl groups is 1. The summed E-state index contributed by atoms with van der Waals surface area (Å²) in [6.07, 6.45) is 16.4.